The Morgan fingerprint density at radius 3 is 2.92 bits per heavy atom. The molecule has 0 unspecified atom stereocenters. The van der Waals surface area contributed by atoms with Gasteiger partial charge in [0.25, 0.3) is 0 Å². The Hall–Kier alpha value is -1.51. The van der Waals surface area contributed by atoms with Crippen LogP contribution in [0.2, 0.25) is 0 Å². The number of rotatable bonds is 6. The van der Waals surface area contributed by atoms with Gasteiger partial charge in [0.15, 0.2) is 5.13 Å². The second-order valence-corrected chi connectivity index (χ2v) is 7.64. The standard InChI is InChI=1S/C16H24N6OS/c1-20-10-17-19-15(20)14-6-13(23-3)8-22(14)7-11-9-24-16(18-11)21(2)12-4-5-12/h9-10,12-14H,4-8H2,1-3H3/t13-,14+/m1/s1. The molecule has 1 saturated heterocycles. The Morgan fingerprint density at radius 2 is 2.25 bits per heavy atom. The Labute approximate surface area is 146 Å². The zero-order valence-electron chi connectivity index (χ0n) is 14.4. The Balaban J connectivity index is 1.50. The minimum atomic E-state index is 0.230. The molecule has 2 aliphatic rings. The molecule has 7 nitrogen and oxygen atoms in total. The van der Waals surface area contributed by atoms with Crippen LogP contribution in [0.5, 0.6) is 0 Å². The Kier molecular flexibility index (Phi) is 4.28. The van der Waals surface area contributed by atoms with Crippen molar-refractivity contribution in [2.24, 2.45) is 7.05 Å². The fourth-order valence-electron chi connectivity index (χ4n) is 3.43. The van der Waals surface area contributed by atoms with Crippen molar-refractivity contribution < 1.29 is 4.74 Å². The number of hydrogen-bond acceptors (Lipinski definition) is 7. The number of ether oxygens (including phenoxy) is 1. The highest BCUT2D eigenvalue weighted by atomic mass is 32.1. The zero-order valence-corrected chi connectivity index (χ0v) is 15.2. The predicted molar refractivity (Wildman–Crippen MR) is 93.1 cm³/mol. The van der Waals surface area contributed by atoms with E-state index >= 15 is 0 Å². The number of aromatic nitrogens is 4. The number of likely N-dealkylation sites (tertiary alicyclic amines) is 1. The first-order valence-electron chi connectivity index (χ1n) is 8.43. The normalized spacial score (nSPS) is 24.6. The molecule has 2 aromatic rings. The fraction of sp³-hybridized carbons (Fsp3) is 0.688. The van der Waals surface area contributed by atoms with Gasteiger partial charge in [0.1, 0.15) is 12.2 Å². The van der Waals surface area contributed by atoms with E-state index in [2.05, 4.69) is 32.4 Å². The maximum atomic E-state index is 5.61. The van der Waals surface area contributed by atoms with Crippen LogP contribution in [0.4, 0.5) is 5.13 Å². The molecule has 0 N–H and O–H groups in total. The van der Waals surface area contributed by atoms with E-state index in [9.17, 15) is 0 Å². The molecular weight excluding hydrogens is 324 g/mol. The Bertz CT molecular complexity index is 696. The topological polar surface area (TPSA) is 59.3 Å². The summed E-state index contributed by atoms with van der Waals surface area (Å²) in [5, 5.41) is 11.7. The summed E-state index contributed by atoms with van der Waals surface area (Å²) in [4.78, 5) is 9.57. The monoisotopic (exact) mass is 348 g/mol. The largest absolute Gasteiger partial charge is 0.380 e. The van der Waals surface area contributed by atoms with Crippen molar-refractivity contribution in [2.75, 3.05) is 25.6 Å². The van der Waals surface area contributed by atoms with E-state index in [1.165, 1.54) is 12.8 Å². The molecule has 130 valence electrons. The molecule has 24 heavy (non-hydrogen) atoms. The lowest BCUT2D eigenvalue weighted by Gasteiger charge is -2.22. The average molecular weight is 348 g/mol. The quantitative estimate of drug-likeness (QED) is 0.794. The summed E-state index contributed by atoms with van der Waals surface area (Å²) in [5.74, 6) is 1.00. The average Bonchev–Trinajstić information content (AvgIpc) is 2.98. The number of methoxy groups -OCH3 is 1. The Morgan fingerprint density at radius 1 is 1.42 bits per heavy atom. The molecule has 0 bridgehead atoms. The highest BCUT2D eigenvalue weighted by molar-refractivity contribution is 7.13. The molecule has 0 aromatic carbocycles. The van der Waals surface area contributed by atoms with Crippen LogP contribution in [0.3, 0.4) is 0 Å². The summed E-state index contributed by atoms with van der Waals surface area (Å²) in [6.07, 6.45) is 5.53. The molecule has 0 spiro atoms. The molecule has 1 aliphatic carbocycles. The van der Waals surface area contributed by atoms with Crippen LogP contribution in [0.25, 0.3) is 0 Å². The van der Waals surface area contributed by atoms with Gasteiger partial charge in [-0.2, -0.15) is 0 Å². The van der Waals surface area contributed by atoms with Gasteiger partial charge in [-0.15, -0.1) is 21.5 Å². The van der Waals surface area contributed by atoms with Gasteiger partial charge in [0.05, 0.1) is 17.8 Å². The van der Waals surface area contributed by atoms with Crippen molar-refractivity contribution in [3.8, 4) is 0 Å². The van der Waals surface area contributed by atoms with E-state index in [4.69, 9.17) is 9.72 Å². The zero-order chi connectivity index (χ0) is 16.7. The lowest BCUT2D eigenvalue weighted by Crippen LogP contribution is -2.26. The summed E-state index contributed by atoms with van der Waals surface area (Å²) in [6.45, 7) is 1.73. The predicted octanol–water partition coefficient (Wildman–Crippen LogP) is 1.83. The van der Waals surface area contributed by atoms with Crippen LogP contribution < -0.4 is 4.90 Å². The van der Waals surface area contributed by atoms with Gasteiger partial charge in [0, 0.05) is 45.7 Å². The molecule has 2 aromatic heterocycles. The second kappa shape index (κ2) is 6.42. The summed E-state index contributed by atoms with van der Waals surface area (Å²) in [7, 11) is 5.94. The highest BCUT2D eigenvalue weighted by Crippen LogP contribution is 2.35. The number of hydrogen-bond donors (Lipinski definition) is 0. The minimum Gasteiger partial charge on any atom is -0.380 e. The van der Waals surface area contributed by atoms with Crippen LogP contribution >= 0.6 is 11.3 Å². The minimum absolute atomic E-state index is 0.230. The van der Waals surface area contributed by atoms with Crippen molar-refractivity contribution in [3.05, 3.63) is 23.2 Å². The van der Waals surface area contributed by atoms with E-state index < -0.39 is 0 Å². The molecule has 3 heterocycles. The van der Waals surface area contributed by atoms with E-state index in [1.807, 2.05) is 11.6 Å². The SMILES string of the molecule is CO[C@@H]1C[C@@H](c2nncn2C)N(Cc2csc(N(C)C3CC3)n2)C1. The molecule has 1 saturated carbocycles. The molecule has 8 heteroatoms. The third-order valence-electron chi connectivity index (χ3n) is 5.04. The third-order valence-corrected chi connectivity index (χ3v) is 6.02. The first-order chi connectivity index (χ1) is 11.7. The summed E-state index contributed by atoms with van der Waals surface area (Å²) in [5.41, 5.74) is 1.13. The van der Waals surface area contributed by atoms with E-state index in [0.29, 0.717) is 6.04 Å². The molecule has 0 amide bonds. The van der Waals surface area contributed by atoms with Gasteiger partial charge >= 0.3 is 0 Å². The van der Waals surface area contributed by atoms with Gasteiger partial charge in [-0.25, -0.2) is 4.98 Å². The third kappa shape index (κ3) is 3.05. The molecule has 0 radical (unpaired) electrons. The lowest BCUT2D eigenvalue weighted by molar-refractivity contribution is 0.107. The van der Waals surface area contributed by atoms with Crippen molar-refractivity contribution in [1.82, 2.24) is 24.6 Å². The van der Waals surface area contributed by atoms with Gasteiger partial charge in [-0.05, 0) is 19.3 Å². The molecular formula is C16H24N6OS. The molecule has 2 atom stereocenters. The fourth-order valence-corrected chi connectivity index (χ4v) is 4.28. The number of anilines is 1. The second-order valence-electron chi connectivity index (χ2n) is 6.80. The lowest BCUT2D eigenvalue weighted by atomic mass is 10.2. The van der Waals surface area contributed by atoms with Gasteiger partial charge in [-0.1, -0.05) is 0 Å². The molecule has 4 rings (SSSR count). The van der Waals surface area contributed by atoms with E-state index in [1.54, 1.807) is 24.8 Å². The van der Waals surface area contributed by atoms with Crippen molar-refractivity contribution in [2.45, 2.75) is 44.0 Å². The summed E-state index contributed by atoms with van der Waals surface area (Å²) in [6, 6.07) is 0.925. The highest BCUT2D eigenvalue weighted by Gasteiger charge is 2.36. The first kappa shape index (κ1) is 16.0. The van der Waals surface area contributed by atoms with Crippen LogP contribution in [0, 0.1) is 0 Å². The van der Waals surface area contributed by atoms with Crippen LogP contribution in [-0.4, -0.2) is 57.5 Å². The summed E-state index contributed by atoms with van der Waals surface area (Å²) < 4.78 is 7.61. The maximum Gasteiger partial charge on any atom is 0.185 e. The van der Waals surface area contributed by atoms with E-state index in [-0.39, 0.29) is 12.1 Å². The summed E-state index contributed by atoms with van der Waals surface area (Å²) >= 11 is 1.74. The molecule has 2 fully saturated rings. The number of aryl methyl sites for hydroxylation is 1. The van der Waals surface area contributed by atoms with Gasteiger partial charge < -0.3 is 14.2 Å². The number of thiazole rings is 1. The van der Waals surface area contributed by atoms with Gasteiger partial charge in [0.2, 0.25) is 0 Å². The number of nitrogens with zero attached hydrogens (tertiary/aromatic N) is 6. The maximum absolute atomic E-state index is 5.61. The van der Waals surface area contributed by atoms with Crippen LogP contribution in [0.15, 0.2) is 11.7 Å². The van der Waals surface area contributed by atoms with Crippen molar-refractivity contribution in [1.29, 1.82) is 0 Å². The van der Waals surface area contributed by atoms with Crippen molar-refractivity contribution in [3.63, 3.8) is 0 Å². The van der Waals surface area contributed by atoms with Crippen LogP contribution in [0.1, 0.15) is 36.8 Å². The van der Waals surface area contributed by atoms with Crippen LogP contribution in [-0.2, 0) is 18.3 Å². The van der Waals surface area contributed by atoms with Gasteiger partial charge in [-0.3, -0.25) is 4.90 Å². The first-order valence-corrected chi connectivity index (χ1v) is 9.31. The van der Waals surface area contributed by atoms with E-state index in [0.717, 1.165) is 36.2 Å². The molecule has 1 aliphatic heterocycles. The smallest absolute Gasteiger partial charge is 0.185 e. The van der Waals surface area contributed by atoms with Crippen molar-refractivity contribution >= 4 is 16.5 Å².